The standard InChI is InChI=1S/C23H18FN3O5S/c1-30-15-7-8-18(31-2)16(11-15)19-12-17(27-32-19)22(28)25-26-23(29)21-10-9-20(33-21)13-3-5-14(24)6-4-13/h3-12H,1-2H3,(H,25,28)(H,26,29). The fourth-order valence-corrected chi connectivity index (χ4v) is 3.89. The summed E-state index contributed by atoms with van der Waals surface area (Å²) in [4.78, 5) is 26.0. The predicted octanol–water partition coefficient (Wildman–Crippen LogP) is 4.30. The molecule has 0 unspecified atom stereocenters. The summed E-state index contributed by atoms with van der Waals surface area (Å²) in [7, 11) is 3.04. The molecule has 2 N–H and O–H groups in total. The van der Waals surface area contributed by atoms with Gasteiger partial charge in [0, 0.05) is 10.9 Å². The number of hydrazine groups is 1. The van der Waals surface area contributed by atoms with Crippen LogP contribution in [-0.4, -0.2) is 31.2 Å². The first kappa shape index (κ1) is 22.0. The van der Waals surface area contributed by atoms with Gasteiger partial charge in [0.1, 0.15) is 17.3 Å². The molecule has 0 radical (unpaired) electrons. The summed E-state index contributed by atoms with van der Waals surface area (Å²) in [5.41, 5.74) is 5.96. The molecule has 0 fully saturated rings. The minimum absolute atomic E-state index is 0.0339. The van der Waals surface area contributed by atoms with E-state index < -0.39 is 11.8 Å². The lowest BCUT2D eigenvalue weighted by Crippen LogP contribution is -2.41. The highest BCUT2D eigenvalue weighted by Crippen LogP contribution is 2.33. The molecule has 0 aliphatic rings. The SMILES string of the molecule is COc1ccc(OC)c(-c2cc(C(=O)NNC(=O)c3ccc(-c4ccc(F)cc4)s3)no2)c1. The molecule has 2 aromatic carbocycles. The number of benzene rings is 2. The fourth-order valence-electron chi connectivity index (χ4n) is 2.98. The second-order valence-electron chi connectivity index (χ2n) is 6.72. The topological polar surface area (TPSA) is 103 Å². The average molecular weight is 467 g/mol. The van der Waals surface area contributed by atoms with E-state index >= 15 is 0 Å². The molecule has 4 rings (SSSR count). The highest BCUT2D eigenvalue weighted by molar-refractivity contribution is 7.17. The minimum Gasteiger partial charge on any atom is -0.497 e. The van der Waals surface area contributed by atoms with E-state index in [-0.39, 0.29) is 11.5 Å². The van der Waals surface area contributed by atoms with Crippen LogP contribution in [0.1, 0.15) is 20.2 Å². The van der Waals surface area contributed by atoms with Gasteiger partial charge in [-0.2, -0.15) is 0 Å². The lowest BCUT2D eigenvalue weighted by Gasteiger charge is -2.07. The van der Waals surface area contributed by atoms with Crippen molar-refractivity contribution in [3.8, 4) is 33.3 Å². The minimum atomic E-state index is -0.657. The Labute approximate surface area is 191 Å². The van der Waals surface area contributed by atoms with Crippen LogP contribution >= 0.6 is 11.3 Å². The number of ether oxygens (including phenoxy) is 2. The van der Waals surface area contributed by atoms with Gasteiger partial charge in [-0.1, -0.05) is 17.3 Å². The second-order valence-corrected chi connectivity index (χ2v) is 7.81. The van der Waals surface area contributed by atoms with Crippen molar-refractivity contribution in [2.45, 2.75) is 0 Å². The number of thiophene rings is 1. The van der Waals surface area contributed by atoms with Crippen LogP contribution < -0.4 is 20.3 Å². The number of nitrogens with one attached hydrogen (secondary N) is 2. The molecule has 0 aliphatic carbocycles. The van der Waals surface area contributed by atoms with Crippen LogP contribution in [0.25, 0.3) is 21.8 Å². The molecule has 2 aromatic heterocycles. The highest BCUT2D eigenvalue weighted by Gasteiger charge is 2.18. The Morgan fingerprint density at radius 3 is 2.42 bits per heavy atom. The average Bonchev–Trinajstić information content (AvgIpc) is 3.53. The van der Waals surface area contributed by atoms with Gasteiger partial charge in [0.05, 0.1) is 24.7 Å². The van der Waals surface area contributed by atoms with Gasteiger partial charge in [-0.25, -0.2) is 4.39 Å². The van der Waals surface area contributed by atoms with Gasteiger partial charge in [-0.05, 0) is 48.0 Å². The first-order valence-corrected chi connectivity index (χ1v) is 10.5. The van der Waals surface area contributed by atoms with Gasteiger partial charge in [0.25, 0.3) is 11.8 Å². The number of halogens is 1. The van der Waals surface area contributed by atoms with Crippen LogP contribution in [0.5, 0.6) is 11.5 Å². The first-order chi connectivity index (χ1) is 16.0. The van der Waals surface area contributed by atoms with Crippen molar-refractivity contribution in [3.63, 3.8) is 0 Å². The molecule has 0 bridgehead atoms. The van der Waals surface area contributed by atoms with Crippen molar-refractivity contribution in [1.82, 2.24) is 16.0 Å². The first-order valence-electron chi connectivity index (χ1n) is 9.64. The van der Waals surface area contributed by atoms with Gasteiger partial charge in [0.15, 0.2) is 11.5 Å². The Hall–Kier alpha value is -4.18. The van der Waals surface area contributed by atoms with Gasteiger partial charge >= 0.3 is 0 Å². The van der Waals surface area contributed by atoms with E-state index in [0.29, 0.717) is 27.7 Å². The summed E-state index contributed by atoms with van der Waals surface area (Å²) >= 11 is 1.21. The smallest absolute Gasteiger partial charge is 0.291 e. The number of amides is 2. The molecule has 8 nitrogen and oxygen atoms in total. The van der Waals surface area contributed by atoms with E-state index in [0.717, 1.165) is 10.4 Å². The molecule has 0 saturated heterocycles. The van der Waals surface area contributed by atoms with Crippen LogP contribution in [0.3, 0.4) is 0 Å². The maximum atomic E-state index is 13.1. The lowest BCUT2D eigenvalue weighted by molar-refractivity contribution is 0.0843. The summed E-state index contributed by atoms with van der Waals surface area (Å²) in [6, 6.07) is 15.9. The van der Waals surface area contributed by atoms with Crippen molar-refractivity contribution in [3.05, 3.63) is 77.1 Å². The largest absolute Gasteiger partial charge is 0.497 e. The number of carbonyl (C=O) groups excluding carboxylic acids is 2. The Bertz CT molecular complexity index is 1300. The zero-order chi connectivity index (χ0) is 23.4. The molecule has 0 spiro atoms. The highest BCUT2D eigenvalue weighted by atomic mass is 32.1. The molecular weight excluding hydrogens is 449 g/mol. The Morgan fingerprint density at radius 1 is 0.939 bits per heavy atom. The monoisotopic (exact) mass is 467 g/mol. The summed E-state index contributed by atoms with van der Waals surface area (Å²) in [5, 5.41) is 3.76. The summed E-state index contributed by atoms with van der Waals surface area (Å²) < 4.78 is 28.9. The van der Waals surface area contributed by atoms with E-state index in [1.54, 1.807) is 42.5 Å². The van der Waals surface area contributed by atoms with Crippen molar-refractivity contribution < 1.29 is 28.0 Å². The van der Waals surface area contributed by atoms with Gasteiger partial charge in [-0.15, -0.1) is 11.3 Å². The van der Waals surface area contributed by atoms with Crippen molar-refractivity contribution in [1.29, 1.82) is 0 Å². The predicted molar refractivity (Wildman–Crippen MR) is 120 cm³/mol. The number of rotatable bonds is 6. The van der Waals surface area contributed by atoms with E-state index in [2.05, 4.69) is 16.0 Å². The van der Waals surface area contributed by atoms with Crippen LogP contribution in [0.2, 0.25) is 0 Å². The third-order valence-corrected chi connectivity index (χ3v) is 5.80. The number of carbonyl (C=O) groups is 2. The van der Waals surface area contributed by atoms with E-state index in [9.17, 15) is 14.0 Å². The fraction of sp³-hybridized carbons (Fsp3) is 0.0870. The van der Waals surface area contributed by atoms with Gasteiger partial charge in [-0.3, -0.25) is 20.4 Å². The normalized spacial score (nSPS) is 10.5. The van der Waals surface area contributed by atoms with Gasteiger partial charge in [0.2, 0.25) is 0 Å². The van der Waals surface area contributed by atoms with Gasteiger partial charge < -0.3 is 14.0 Å². The molecule has 4 aromatic rings. The summed E-state index contributed by atoms with van der Waals surface area (Å²) in [6.07, 6.45) is 0. The summed E-state index contributed by atoms with van der Waals surface area (Å²) in [6.45, 7) is 0. The van der Waals surface area contributed by atoms with E-state index in [1.165, 1.54) is 43.8 Å². The third kappa shape index (κ3) is 4.85. The molecule has 0 aliphatic heterocycles. The molecule has 2 heterocycles. The van der Waals surface area contributed by atoms with Crippen molar-refractivity contribution >= 4 is 23.2 Å². The van der Waals surface area contributed by atoms with E-state index in [4.69, 9.17) is 14.0 Å². The maximum absolute atomic E-state index is 13.1. The Kier molecular flexibility index (Phi) is 6.36. The number of hydrogen-bond donors (Lipinski definition) is 2. The van der Waals surface area contributed by atoms with Crippen molar-refractivity contribution in [2.24, 2.45) is 0 Å². The number of nitrogens with zero attached hydrogens (tertiary/aromatic N) is 1. The van der Waals surface area contributed by atoms with Crippen LogP contribution in [-0.2, 0) is 0 Å². The zero-order valence-electron chi connectivity index (χ0n) is 17.5. The van der Waals surface area contributed by atoms with Crippen molar-refractivity contribution in [2.75, 3.05) is 14.2 Å². The maximum Gasteiger partial charge on any atom is 0.291 e. The molecule has 2 amide bonds. The molecular formula is C23H18FN3O5S. The quantitative estimate of drug-likeness (QED) is 0.410. The zero-order valence-corrected chi connectivity index (χ0v) is 18.4. The molecule has 10 heteroatoms. The molecule has 33 heavy (non-hydrogen) atoms. The van der Waals surface area contributed by atoms with Crippen LogP contribution in [0, 0.1) is 5.82 Å². The molecule has 0 saturated carbocycles. The Balaban J connectivity index is 1.41. The Morgan fingerprint density at radius 2 is 1.70 bits per heavy atom. The molecule has 168 valence electrons. The number of methoxy groups -OCH3 is 2. The lowest BCUT2D eigenvalue weighted by atomic mass is 10.1. The van der Waals surface area contributed by atoms with Crippen LogP contribution in [0.15, 0.2) is 65.2 Å². The number of aromatic nitrogens is 1. The second kappa shape index (κ2) is 9.53. The number of hydrogen-bond acceptors (Lipinski definition) is 7. The van der Waals surface area contributed by atoms with E-state index in [1.807, 2.05) is 0 Å². The third-order valence-electron chi connectivity index (χ3n) is 4.66. The molecule has 0 atom stereocenters. The summed E-state index contributed by atoms with van der Waals surface area (Å²) in [5.74, 6) is -0.102. The van der Waals surface area contributed by atoms with Crippen LogP contribution in [0.4, 0.5) is 4.39 Å².